The van der Waals surface area contributed by atoms with Gasteiger partial charge in [0, 0.05) is 18.0 Å². The molecule has 0 heterocycles. The number of hydrogen-bond acceptors (Lipinski definition) is 1. The van der Waals surface area contributed by atoms with Gasteiger partial charge in [-0.1, -0.05) is 6.92 Å². The van der Waals surface area contributed by atoms with E-state index in [0.717, 1.165) is 6.42 Å². The van der Waals surface area contributed by atoms with Gasteiger partial charge in [-0.3, -0.25) is 4.79 Å². The van der Waals surface area contributed by atoms with E-state index in [4.69, 9.17) is 11.6 Å². The summed E-state index contributed by atoms with van der Waals surface area (Å²) in [7, 11) is 0. The van der Waals surface area contributed by atoms with Crippen molar-refractivity contribution in [1.82, 2.24) is 5.32 Å². The normalized spacial score (nSPS) is 12.3. The lowest BCUT2D eigenvalue weighted by atomic mass is 10.1. The molecule has 0 saturated heterocycles. The van der Waals surface area contributed by atoms with Crippen molar-refractivity contribution in [2.75, 3.05) is 12.4 Å². The average molecular weight is 294 g/mol. The van der Waals surface area contributed by atoms with Crippen molar-refractivity contribution < 1.29 is 18.0 Å². The molecule has 0 aliphatic carbocycles. The average Bonchev–Trinajstić information content (AvgIpc) is 2.39. The van der Waals surface area contributed by atoms with Crippen molar-refractivity contribution in [3.63, 3.8) is 0 Å². The van der Waals surface area contributed by atoms with Crippen LogP contribution in [0.4, 0.5) is 13.2 Å². The summed E-state index contributed by atoms with van der Waals surface area (Å²) in [5, 5.41) is 2.51. The first-order valence-electron chi connectivity index (χ1n) is 5.94. The van der Waals surface area contributed by atoms with Crippen LogP contribution in [0, 0.1) is 23.4 Å². The molecule has 1 atom stereocenters. The summed E-state index contributed by atoms with van der Waals surface area (Å²) < 4.78 is 38.6. The van der Waals surface area contributed by atoms with E-state index in [0.29, 0.717) is 36.9 Å². The van der Waals surface area contributed by atoms with E-state index in [1.165, 1.54) is 0 Å². The van der Waals surface area contributed by atoms with Crippen LogP contribution in [0.25, 0.3) is 0 Å². The lowest BCUT2D eigenvalue weighted by Crippen LogP contribution is -2.25. The Morgan fingerprint density at radius 3 is 2.42 bits per heavy atom. The van der Waals surface area contributed by atoms with Crippen LogP contribution in [0.2, 0.25) is 0 Å². The summed E-state index contributed by atoms with van der Waals surface area (Å²) in [6.45, 7) is 2.36. The SMILES string of the molecule is CC(CCl)CCCNC(=O)c1cc(F)c(F)c(F)c1. The molecule has 106 valence electrons. The Morgan fingerprint density at radius 2 is 1.89 bits per heavy atom. The molecule has 1 N–H and O–H groups in total. The molecule has 6 heteroatoms. The summed E-state index contributed by atoms with van der Waals surface area (Å²) >= 11 is 5.63. The fourth-order valence-corrected chi connectivity index (χ4v) is 1.67. The molecule has 1 aromatic carbocycles. The number of benzene rings is 1. The third-order valence-electron chi connectivity index (χ3n) is 2.67. The number of amides is 1. The smallest absolute Gasteiger partial charge is 0.251 e. The van der Waals surface area contributed by atoms with Crippen LogP contribution >= 0.6 is 11.6 Å². The number of halogens is 4. The van der Waals surface area contributed by atoms with E-state index >= 15 is 0 Å². The zero-order chi connectivity index (χ0) is 14.4. The molecule has 19 heavy (non-hydrogen) atoms. The van der Waals surface area contributed by atoms with Gasteiger partial charge in [0.15, 0.2) is 17.5 Å². The molecule has 0 fully saturated rings. The number of carbonyl (C=O) groups is 1. The van der Waals surface area contributed by atoms with Gasteiger partial charge in [-0.05, 0) is 30.9 Å². The van der Waals surface area contributed by atoms with Crippen molar-refractivity contribution in [3.05, 3.63) is 35.1 Å². The van der Waals surface area contributed by atoms with Crippen LogP contribution in [0.3, 0.4) is 0 Å². The molecule has 0 radical (unpaired) electrons. The highest BCUT2D eigenvalue weighted by molar-refractivity contribution is 6.18. The number of nitrogens with one attached hydrogen (secondary N) is 1. The van der Waals surface area contributed by atoms with Crippen molar-refractivity contribution in [1.29, 1.82) is 0 Å². The van der Waals surface area contributed by atoms with Crippen LogP contribution < -0.4 is 5.32 Å². The minimum absolute atomic E-state index is 0.234. The van der Waals surface area contributed by atoms with Crippen molar-refractivity contribution >= 4 is 17.5 Å². The minimum atomic E-state index is -1.58. The molecule has 2 nitrogen and oxygen atoms in total. The van der Waals surface area contributed by atoms with E-state index in [1.807, 2.05) is 6.92 Å². The maximum Gasteiger partial charge on any atom is 0.251 e. The summed E-state index contributed by atoms with van der Waals surface area (Å²) in [6.07, 6.45) is 1.56. The fraction of sp³-hybridized carbons (Fsp3) is 0.462. The third-order valence-corrected chi connectivity index (χ3v) is 3.20. The maximum atomic E-state index is 12.9. The molecule has 0 aliphatic heterocycles. The molecule has 0 aliphatic rings. The number of rotatable bonds is 6. The van der Waals surface area contributed by atoms with Gasteiger partial charge < -0.3 is 5.32 Å². The highest BCUT2D eigenvalue weighted by Crippen LogP contribution is 2.13. The fourth-order valence-electron chi connectivity index (χ4n) is 1.52. The van der Waals surface area contributed by atoms with E-state index in [2.05, 4.69) is 5.32 Å². The molecule has 1 amide bonds. The highest BCUT2D eigenvalue weighted by atomic mass is 35.5. The summed E-state index contributed by atoms with van der Waals surface area (Å²) in [6, 6.07) is 1.35. The van der Waals surface area contributed by atoms with Crippen LogP contribution in [0.5, 0.6) is 0 Å². The standard InChI is InChI=1S/C13H15ClF3NO/c1-8(7-14)3-2-4-18-13(19)9-5-10(15)12(17)11(16)6-9/h5-6,8H,2-4,7H2,1H3,(H,18,19). The largest absolute Gasteiger partial charge is 0.352 e. The Labute approximate surface area is 114 Å². The molecule has 0 bridgehead atoms. The first-order valence-corrected chi connectivity index (χ1v) is 6.47. The first-order chi connectivity index (χ1) is 8.95. The van der Waals surface area contributed by atoms with Crippen LogP contribution in [0.1, 0.15) is 30.1 Å². The van der Waals surface area contributed by atoms with Gasteiger partial charge in [0.05, 0.1) is 0 Å². The predicted octanol–water partition coefficient (Wildman–Crippen LogP) is 3.49. The Morgan fingerprint density at radius 1 is 1.32 bits per heavy atom. The molecule has 0 aromatic heterocycles. The Bertz CT molecular complexity index is 431. The van der Waals surface area contributed by atoms with Gasteiger partial charge in [0.1, 0.15) is 0 Å². The molecule has 0 spiro atoms. The quantitative estimate of drug-likeness (QED) is 0.485. The van der Waals surface area contributed by atoms with Crippen molar-refractivity contribution in [2.45, 2.75) is 19.8 Å². The second-order valence-corrected chi connectivity index (χ2v) is 4.72. The highest BCUT2D eigenvalue weighted by Gasteiger charge is 2.14. The van der Waals surface area contributed by atoms with Crippen LogP contribution in [-0.2, 0) is 0 Å². The Kier molecular flexibility index (Phi) is 6.15. The van der Waals surface area contributed by atoms with E-state index in [-0.39, 0.29) is 5.56 Å². The Hall–Kier alpha value is -1.23. The van der Waals surface area contributed by atoms with Crippen molar-refractivity contribution in [2.24, 2.45) is 5.92 Å². The van der Waals surface area contributed by atoms with Gasteiger partial charge in [-0.15, -0.1) is 11.6 Å². The second-order valence-electron chi connectivity index (χ2n) is 4.41. The number of carbonyl (C=O) groups excluding carboxylic acids is 1. The Balaban J connectivity index is 2.50. The second kappa shape index (κ2) is 7.38. The topological polar surface area (TPSA) is 29.1 Å². The summed E-state index contributed by atoms with van der Waals surface area (Å²) in [5.41, 5.74) is -0.234. The lowest BCUT2D eigenvalue weighted by Gasteiger charge is -2.08. The molecule has 0 saturated carbocycles. The van der Waals surface area contributed by atoms with E-state index in [1.54, 1.807) is 0 Å². The zero-order valence-corrected chi connectivity index (χ0v) is 11.2. The van der Waals surface area contributed by atoms with Gasteiger partial charge in [-0.25, -0.2) is 13.2 Å². The number of hydrogen-bond donors (Lipinski definition) is 1. The zero-order valence-electron chi connectivity index (χ0n) is 10.5. The first kappa shape index (κ1) is 15.8. The van der Waals surface area contributed by atoms with E-state index in [9.17, 15) is 18.0 Å². The predicted molar refractivity (Wildman–Crippen MR) is 67.8 cm³/mol. The molecule has 1 rings (SSSR count). The van der Waals surface area contributed by atoms with Gasteiger partial charge >= 0.3 is 0 Å². The third kappa shape index (κ3) is 4.74. The van der Waals surface area contributed by atoms with Gasteiger partial charge in [0.2, 0.25) is 0 Å². The van der Waals surface area contributed by atoms with Crippen LogP contribution in [0.15, 0.2) is 12.1 Å². The molecular formula is C13H15ClF3NO. The minimum Gasteiger partial charge on any atom is -0.352 e. The molecule has 1 unspecified atom stereocenters. The monoisotopic (exact) mass is 293 g/mol. The van der Waals surface area contributed by atoms with Crippen molar-refractivity contribution in [3.8, 4) is 0 Å². The summed E-state index contributed by atoms with van der Waals surface area (Å²) in [5.74, 6) is -4.06. The summed E-state index contributed by atoms with van der Waals surface area (Å²) in [4.78, 5) is 11.6. The van der Waals surface area contributed by atoms with Gasteiger partial charge in [0.25, 0.3) is 5.91 Å². The molecule has 1 aromatic rings. The lowest BCUT2D eigenvalue weighted by molar-refractivity contribution is 0.0951. The van der Waals surface area contributed by atoms with Crippen LogP contribution in [-0.4, -0.2) is 18.3 Å². The van der Waals surface area contributed by atoms with Gasteiger partial charge in [-0.2, -0.15) is 0 Å². The number of alkyl halides is 1. The molecular weight excluding hydrogens is 279 g/mol. The van der Waals surface area contributed by atoms with E-state index < -0.39 is 23.4 Å². The maximum absolute atomic E-state index is 12.9.